The molecule has 19 heavy (non-hydrogen) atoms. The van der Waals surface area contributed by atoms with Crippen molar-refractivity contribution in [3.63, 3.8) is 0 Å². The molecular weight excluding hydrogens is 322 g/mol. The lowest BCUT2D eigenvalue weighted by Crippen LogP contribution is -2.45. The van der Waals surface area contributed by atoms with Gasteiger partial charge in [0.25, 0.3) is 0 Å². The third kappa shape index (κ3) is 2.57. The predicted molar refractivity (Wildman–Crippen MR) is 83.0 cm³/mol. The Balaban J connectivity index is 1.75. The van der Waals surface area contributed by atoms with E-state index < -0.39 is 0 Å². The first-order chi connectivity index (χ1) is 9.16. The van der Waals surface area contributed by atoms with Crippen molar-refractivity contribution in [2.75, 3.05) is 18.8 Å². The van der Waals surface area contributed by atoms with Crippen molar-refractivity contribution in [2.24, 2.45) is 5.92 Å². The molecule has 2 heterocycles. The van der Waals surface area contributed by atoms with Crippen LogP contribution >= 0.6 is 27.7 Å². The molecule has 2 nitrogen and oxygen atoms in total. The molecule has 1 saturated heterocycles. The molecule has 3 rings (SSSR count). The summed E-state index contributed by atoms with van der Waals surface area (Å²) in [5, 5.41) is 0. The summed E-state index contributed by atoms with van der Waals surface area (Å²) in [6, 6.07) is 8.32. The van der Waals surface area contributed by atoms with Crippen molar-refractivity contribution < 1.29 is 4.79 Å². The molecule has 0 aliphatic carbocycles. The Labute approximate surface area is 127 Å². The highest BCUT2D eigenvalue weighted by molar-refractivity contribution is 9.09. The molecule has 0 bridgehead atoms. The molecule has 0 radical (unpaired) electrons. The monoisotopic (exact) mass is 339 g/mol. The molecule has 1 aromatic rings. The van der Waals surface area contributed by atoms with Crippen molar-refractivity contribution >= 4 is 33.6 Å². The molecule has 1 fully saturated rings. The number of rotatable bonds is 1. The lowest BCUT2D eigenvalue weighted by atomic mass is 9.95. The van der Waals surface area contributed by atoms with Crippen LogP contribution in [0.5, 0.6) is 0 Å². The number of thioether (sulfide) groups is 1. The Morgan fingerprint density at radius 3 is 3.00 bits per heavy atom. The minimum absolute atomic E-state index is 0.0642. The van der Waals surface area contributed by atoms with Crippen molar-refractivity contribution in [3.8, 4) is 0 Å². The van der Waals surface area contributed by atoms with Gasteiger partial charge in [0.05, 0.1) is 5.92 Å². The van der Waals surface area contributed by atoms with Crippen LogP contribution in [0.25, 0.3) is 0 Å². The highest BCUT2D eigenvalue weighted by atomic mass is 79.9. The highest BCUT2D eigenvalue weighted by Crippen LogP contribution is 2.40. The van der Waals surface area contributed by atoms with Gasteiger partial charge in [0.15, 0.2) is 0 Å². The SMILES string of the molecule is CC1CCN(C(=O)C2CSc3ccccc32)CC1Br. The van der Waals surface area contributed by atoms with Gasteiger partial charge in [0.1, 0.15) is 0 Å². The lowest BCUT2D eigenvalue weighted by molar-refractivity contribution is -0.133. The quantitative estimate of drug-likeness (QED) is 0.729. The molecule has 3 unspecified atom stereocenters. The number of alkyl halides is 1. The second kappa shape index (κ2) is 5.49. The van der Waals surface area contributed by atoms with E-state index in [4.69, 9.17) is 0 Å². The van der Waals surface area contributed by atoms with Gasteiger partial charge in [-0.05, 0) is 24.0 Å². The number of hydrogen-bond donors (Lipinski definition) is 0. The van der Waals surface area contributed by atoms with Gasteiger partial charge in [0, 0.05) is 28.6 Å². The average Bonchev–Trinajstić information content (AvgIpc) is 2.85. The maximum absolute atomic E-state index is 12.7. The Hall–Kier alpha value is -0.480. The zero-order valence-corrected chi connectivity index (χ0v) is 13.4. The summed E-state index contributed by atoms with van der Waals surface area (Å²) < 4.78 is 0. The van der Waals surface area contributed by atoms with E-state index in [1.807, 2.05) is 22.7 Å². The van der Waals surface area contributed by atoms with E-state index in [1.165, 1.54) is 10.5 Å². The summed E-state index contributed by atoms with van der Waals surface area (Å²) in [5.74, 6) is 1.94. The standard InChI is InChI=1S/C15H18BrNOS/c1-10-6-7-17(8-13(10)16)15(18)12-9-19-14-5-3-2-4-11(12)14/h2-5,10,12-13H,6-9H2,1H3. The maximum Gasteiger partial charge on any atom is 0.231 e. The third-order valence-corrected chi connectivity index (χ3v) is 6.55. The van der Waals surface area contributed by atoms with E-state index in [-0.39, 0.29) is 5.92 Å². The number of benzene rings is 1. The molecule has 2 aliphatic heterocycles. The largest absolute Gasteiger partial charge is 0.341 e. The van der Waals surface area contributed by atoms with E-state index in [0.717, 1.165) is 25.3 Å². The molecule has 102 valence electrons. The summed E-state index contributed by atoms with van der Waals surface area (Å²) in [6.07, 6.45) is 1.10. The Kier molecular flexibility index (Phi) is 3.90. The van der Waals surface area contributed by atoms with Gasteiger partial charge in [-0.15, -0.1) is 11.8 Å². The molecule has 1 aromatic carbocycles. The highest BCUT2D eigenvalue weighted by Gasteiger charge is 2.35. The Morgan fingerprint density at radius 1 is 1.42 bits per heavy atom. The zero-order valence-electron chi connectivity index (χ0n) is 11.0. The molecule has 2 aliphatic rings. The number of carbonyl (C=O) groups is 1. The van der Waals surface area contributed by atoms with Crippen molar-refractivity contribution in [3.05, 3.63) is 29.8 Å². The van der Waals surface area contributed by atoms with Crippen molar-refractivity contribution in [2.45, 2.75) is 29.0 Å². The summed E-state index contributed by atoms with van der Waals surface area (Å²) in [4.78, 5) is 16.5. The van der Waals surface area contributed by atoms with Gasteiger partial charge < -0.3 is 4.90 Å². The summed E-state index contributed by atoms with van der Waals surface area (Å²) in [5.41, 5.74) is 1.22. The first-order valence-corrected chi connectivity index (χ1v) is 8.71. The van der Waals surface area contributed by atoms with Crippen LogP contribution in [-0.2, 0) is 4.79 Å². The van der Waals surface area contributed by atoms with Gasteiger partial charge in [0.2, 0.25) is 5.91 Å². The van der Waals surface area contributed by atoms with Crippen molar-refractivity contribution in [1.82, 2.24) is 4.90 Å². The van der Waals surface area contributed by atoms with Crippen LogP contribution in [0.4, 0.5) is 0 Å². The summed E-state index contributed by atoms with van der Waals surface area (Å²) in [7, 11) is 0. The second-order valence-electron chi connectivity index (χ2n) is 5.47. The fourth-order valence-corrected chi connectivity index (χ4v) is 4.64. The van der Waals surface area contributed by atoms with Gasteiger partial charge in [-0.3, -0.25) is 4.79 Å². The van der Waals surface area contributed by atoms with E-state index in [2.05, 4.69) is 41.1 Å². The third-order valence-electron chi connectivity index (χ3n) is 4.18. The molecule has 0 aromatic heterocycles. The topological polar surface area (TPSA) is 20.3 Å². The Bertz CT molecular complexity index is 493. The number of hydrogen-bond acceptors (Lipinski definition) is 2. The summed E-state index contributed by atoms with van der Waals surface area (Å²) in [6.45, 7) is 4.01. The zero-order chi connectivity index (χ0) is 13.4. The maximum atomic E-state index is 12.7. The number of nitrogens with zero attached hydrogens (tertiary/aromatic N) is 1. The van der Waals surface area contributed by atoms with Gasteiger partial charge in [-0.25, -0.2) is 0 Å². The molecular formula is C15H18BrNOS. The fourth-order valence-electron chi connectivity index (χ4n) is 2.81. The molecule has 3 atom stereocenters. The number of amides is 1. The first kappa shape index (κ1) is 13.5. The van der Waals surface area contributed by atoms with E-state index >= 15 is 0 Å². The average molecular weight is 340 g/mol. The summed E-state index contributed by atoms with van der Waals surface area (Å²) >= 11 is 5.51. The minimum atomic E-state index is 0.0642. The lowest BCUT2D eigenvalue weighted by Gasteiger charge is -2.35. The molecule has 0 N–H and O–H groups in total. The smallest absolute Gasteiger partial charge is 0.231 e. The molecule has 4 heteroatoms. The minimum Gasteiger partial charge on any atom is -0.341 e. The fraction of sp³-hybridized carbons (Fsp3) is 0.533. The van der Waals surface area contributed by atoms with Gasteiger partial charge in [-0.2, -0.15) is 0 Å². The van der Waals surface area contributed by atoms with Crippen LogP contribution in [0.1, 0.15) is 24.8 Å². The van der Waals surface area contributed by atoms with E-state index in [1.54, 1.807) is 0 Å². The van der Waals surface area contributed by atoms with Crippen LogP contribution in [0.2, 0.25) is 0 Å². The van der Waals surface area contributed by atoms with Crippen LogP contribution in [-0.4, -0.2) is 34.5 Å². The van der Waals surface area contributed by atoms with Gasteiger partial charge >= 0.3 is 0 Å². The van der Waals surface area contributed by atoms with Crippen LogP contribution in [0.3, 0.4) is 0 Å². The van der Waals surface area contributed by atoms with Crippen LogP contribution in [0.15, 0.2) is 29.2 Å². The van der Waals surface area contributed by atoms with Crippen LogP contribution < -0.4 is 0 Å². The molecule has 0 saturated carbocycles. The number of piperidine rings is 1. The molecule has 0 spiro atoms. The van der Waals surface area contributed by atoms with E-state index in [9.17, 15) is 4.79 Å². The second-order valence-corrected chi connectivity index (χ2v) is 7.71. The van der Waals surface area contributed by atoms with Crippen molar-refractivity contribution in [1.29, 1.82) is 0 Å². The number of fused-ring (bicyclic) bond motifs is 1. The van der Waals surface area contributed by atoms with Crippen LogP contribution in [0, 0.1) is 5.92 Å². The predicted octanol–water partition coefficient (Wildman–Crippen LogP) is 3.51. The van der Waals surface area contributed by atoms with E-state index in [0.29, 0.717) is 16.7 Å². The number of halogens is 1. The van der Waals surface area contributed by atoms with Gasteiger partial charge in [-0.1, -0.05) is 41.1 Å². The Morgan fingerprint density at radius 2 is 2.21 bits per heavy atom. The number of likely N-dealkylation sites (tertiary alicyclic amines) is 1. The normalized spacial score (nSPS) is 30.2. The number of carbonyl (C=O) groups excluding carboxylic acids is 1. The first-order valence-electron chi connectivity index (χ1n) is 6.81. The molecule has 1 amide bonds.